The van der Waals surface area contributed by atoms with Crippen molar-refractivity contribution in [1.29, 1.82) is 0 Å². The fourth-order valence-electron chi connectivity index (χ4n) is 1.97. The van der Waals surface area contributed by atoms with Crippen LogP contribution in [-0.4, -0.2) is 15.3 Å². The summed E-state index contributed by atoms with van der Waals surface area (Å²) in [6, 6.07) is 17.0. The molecule has 0 aliphatic carbocycles. The molecule has 0 unspecified atom stereocenters. The zero-order valence-electron chi connectivity index (χ0n) is 11.1. The smallest absolute Gasteiger partial charge is 0.203 e. The van der Waals surface area contributed by atoms with E-state index in [2.05, 4.69) is 10.2 Å². The molecule has 0 amide bonds. The van der Waals surface area contributed by atoms with Gasteiger partial charge in [0.15, 0.2) is 0 Å². The molecule has 3 rings (SSSR count). The van der Waals surface area contributed by atoms with Crippen LogP contribution >= 0.6 is 11.3 Å². The van der Waals surface area contributed by atoms with Gasteiger partial charge in [-0.15, -0.1) is 10.2 Å². The minimum atomic E-state index is 0.244. The van der Waals surface area contributed by atoms with Crippen molar-refractivity contribution in [2.45, 2.75) is 0 Å². The van der Waals surface area contributed by atoms with Crippen LogP contribution in [0.4, 0.5) is 5.13 Å². The van der Waals surface area contributed by atoms with E-state index in [1.54, 1.807) is 12.1 Å². The highest BCUT2D eigenvalue weighted by atomic mass is 32.1. The predicted octanol–water partition coefficient (Wildman–Crippen LogP) is 3.41. The van der Waals surface area contributed by atoms with Gasteiger partial charge in [-0.1, -0.05) is 53.8 Å². The summed E-state index contributed by atoms with van der Waals surface area (Å²) >= 11 is 1.35. The Labute approximate surface area is 126 Å². The third-order valence-electron chi connectivity index (χ3n) is 2.96. The van der Waals surface area contributed by atoms with Crippen LogP contribution in [0.1, 0.15) is 16.1 Å². The average Bonchev–Trinajstić information content (AvgIpc) is 2.94. The van der Waals surface area contributed by atoms with E-state index in [1.807, 2.05) is 48.5 Å². The lowest BCUT2D eigenvalue weighted by Crippen LogP contribution is -1.87. The van der Waals surface area contributed by atoms with E-state index >= 15 is 0 Å². The second kappa shape index (κ2) is 5.76. The predicted molar refractivity (Wildman–Crippen MR) is 85.8 cm³/mol. The molecule has 2 aromatic carbocycles. The van der Waals surface area contributed by atoms with Gasteiger partial charge in [0, 0.05) is 5.57 Å². The van der Waals surface area contributed by atoms with E-state index in [1.165, 1.54) is 11.3 Å². The van der Waals surface area contributed by atoms with E-state index in [4.69, 9.17) is 5.73 Å². The monoisotopic (exact) mass is 295 g/mol. The highest BCUT2D eigenvalue weighted by molar-refractivity contribution is 7.16. The summed E-state index contributed by atoms with van der Waals surface area (Å²) in [7, 11) is 0. The number of rotatable bonds is 3. The van der Waals surface area contributed by atoms with Gasteiger partial charge in [-0.05, 0) is 29.3 Å². The molecular formula is C16H13N3OS. The number of nitrogens with two attached hydrogens (primary N) is 1. The average molecular weight is 295 g/mol. The topological polar surface area (TPSA) is 72.0 Å². The Kier molecular flexibility index (Phi) is 3.66. The van der Waals surface area contributed by atoms with Crippen LogP contribution in [0.5, 0.6) is 5.75 Å². The maximum Gasteiger partial charge on any atom is 0.203 e. The van der Waals surface area contributed by atoms with Gasteiger partial charge in [0.05, 0.1) is 0 Å². The first-order valence-corrected chi connectivity index (χ1v) is 7.19. The molecule has 0 aliphatic heterocycles. The first-order chi connectivity index (χ1) is 10.2. The summed E-state index contributed by atoms with van der Waals surface area (Å²) in [5.74, 6) is 0.244. The van der Waals surface area contributed by atoms with Crippen molar-refractivity contribution in [2.75, 3.05) is 5.73 Å². The van der Waals surface area contributed by atoms with Crippen molar-refractivity contribution in [3.8, 4) is 5.75 Å². The van der Waals surface area contributed by atoms with Crippen molar-refractivity contribution in [1.82, 2.24) is 10.2 Å². The fourth-order valence-corrected chi connectivity index (χ4v) is 2.62. The summed E-state index contributed by atoms with van der Waals surface area (Å²) in [4.78, 5) is 0. The summed E-state index contributed by atoms with van der Waals surface area (Å²) in [6.07, 6.45) is 2.01. The van der Waals surface area contributed by atoms with Crippen LogP contribution in [-0.2, 0) is 0 Å². The van der Waals surface area contributed by atoms with Crippen molar-refractivity contribution in [3.05, 3.63) is 70.7 Å². The Bertz CT molecular complexity index is 764. The minimum Gasteiger partial charge on any atom is -0.508 e. The van der Waals surface area contributed by atoms with Gasteiger partial charge in [-0.2, -0.15) is 0 Å². The number of hydrogen-bond acceptors (Lipinski definition) is 5. The molecule has 21 heavy (non-hydrogen) atoms. The molecule has 5 heteroatoms. The van der Waals surface area contributed by atoms with Crippen LogP contribution in [0, 0.1) is 0 Å². The van der Waals surface area contributed by atoms with Crippen molar-refractivity contribution >= 4 is 28.1 Å². The first kappa shape index (κ1) is 13.3. The highest BCUT2D eigenvalue weighted by Crippen LogP contribution is 2.29. The molecule has 0 aliphatic rings. The molecule has 3 aromatic rings. The molecule has 0 spiro atoms. The number of benzene rings is 2. The van der Waals surface area contributed by atoms with E-state index in [0.717, 1.165) is 21.7 Å². The second-order valence-corrected chi connectivity index (χ2v) is 5.47. The number of phenols is 1. The first-order valence-electron chi connectivity index (χ1n) is 6.38. The summed E-state index contributed by atoms with van der Waals surface area (Å²) in [5, 5.41) is 18.6. The number of nitrogen functional groups attached to an aromatic ring is 1. The van der Waals surface area contributed by atoms with Gasteiger partial charge in [0.1, 0.15) is 10.8 Å². The molecule has 0 radical (unpaired) electrons. The van der Waals surface area contributed by atoms with Crippen molar-refractivity contribution < 1.29 is 5.11 Å². The quantitative estimate of drug-likeness (QED) is 0.726. The standard InChI is InChI=1S/C16H13N3OS/c17-16-19-18-15(21-16)14(12-4-2-1-3-5-12)10-11-6-8-13(20)9-7-11/h1-10,20H,(H2,17,19)/b14-10+. The third kappa shape index (κ3) is 3.09. The Balaban J connectivity index is 2.10. The lowest BCUT2D eigenvalue weighted by Gasteiger charge is -2.04. The van der Waals surface area contributed by atoms with Gasteiger partial charge < -0.3 is 10.8 Å². The number of aromatic nitrogens is 2. The van der Waals surface area contributed by atoms with E-state index in [0.29, 0.717) is 5.13 Å². The summed E-state index contributed by atoms with van der Waals surface area (Å²) < 4.78 is 0. The molecule has 0 saturated carbocycles. The Morgan fingerprint density at radius 3 is 2.33 bits per heavy atom. The fraction of sp³-hybridized carbons (Fsp3) is 0. The molecule has 1 aromatic heterocycles. The van der Waals surface area contributed by atoms with Gasteiger partial charge >= 0.3 is 0 Å². The normalized spacial score (nSPS) is 11.5. The van der Waals surface area contributed by atoms with E-state index < -0.39 is 0 Å². The van der Waals surface area contributed by atoms with Gasteiger partial charge in [-0.25, -0.2) is 0 Å². The van der Waals surface area contributed by atoms with E-state index in [9.17, 15) is 5.11 Å². The summed E-state index contributed by atoms with van der Waals surface area (Å²) in [6.45, 7) is 0. The molecule has 1 heterocycles. The second-order valence-electron chi connectivity index (χ2n) is 4.46. The van der Waals surface area contributed by atoms with Gasteiger partial charge in [0.2, 0.25) is 5.13 Å². The van der Waals surface area contributed by atoms with Crippen LogP contribution in [0.15, 0.2) is 54.6 Å². The van der Waals surface area contributed by atoms with Crippen LogP contribution < -0.4 is 5.73 Å². The Morgan fingerprint density at radius 2 is 1.71 bits per heavy atom. The lowest BCUT2D eigenvalue weighted by molar-refractivity contribution is 0.475. The zero-order chi connectivity index (χ0) is 14.7. The number of anilines is 1. The molecule has 0 bridgehead atoms. The maximum atomic E-state index is 9.37. The molecule has 4 nitrogen and oxygen atoms in total. The number of phenolic OH excluding ortho intramolecular Hbond substituents is 1. The Hall–Kier alpha value is -2.66. The molecule has 3 N–H and O–H groups in total. The minimum absolute atomic E-state index is 0.244. The summed E-state index contributed by atoms with van der Waals surface area (Å²) in [5.41, 5.74) is 8.66. The SMILES string of the molecule is Nc1nnc(/C(=C/c2ccc(O)cc2)c2ccccc2)s1. The zero-order valence-corrected chi connectivity index (χ0v) is 11.9. The maximum absolute atomic E-state index is 9.37. The number of nitrogens with zero attached hydrogens (tertiary/aromatic N) is 2. The van der Waals surface area contributed by atoms with Crippen LogP contribution in [0.25, 0.3) is 11.6 Å². The van der Waals surface area contributed by atoms with E-state index in [-0.39, 0.29) is 5.75 Å². The molecule has 0 fully saturated rings. The molecule has 104 valence electrons. The van der Waals surface area contributed by atoms with Crippen molar-refractivity contribution in [2.24, 2.45) is 0 Å². The van der Waals surface area contributed by atoms with Crippen LogP contribution in [0.2, 0.25) is 0 Å². The highest BCUT2D eigenvalue weighted by Gasteiger charge is 2.10. The number of hydrogen-bond donors (Lipinski definition) is 2. The van der Waals surface area contributed by atoms with Gasteiger partial charge in [0.25, 0.3) is 0 Å². The number of aromatic hydroxyl groups is 1. The lowest BCUT2D eigenvalue weighted by atomic mass is 10.0. The Morgan fingerprint density at radius 1 is 1.00 bits per heavy atom. The molecular weight excluding hydrogens is 282 g/mol. The van der Waals surface area contributed by atoms with Crippen molar-refractivity contribution in [3.63, 3.8) is 0 Å². The molecule has 0 saturated heterocycles. The molecule has 0 atom stereocenters. The largest absolute Gasteiger partial charge is 0.508 e. The van der Waals surface area contributed by atoms with Crippen LogP contribution in [0.3, 0.4) is 0 Å². The third-order valence-corrected chi connectivity index (χ3v) is 3.75. The van der Waals surface area contributed by atoms with Gasteiger partial charge in [-0.3, -0.25) is 0 Å².